The number of alkyl halides is 3. The lowest BCUT2D eigenvalue weighted by molar-refractivity contribution is -0.160. The molecule has 8 nitrogen and oxygen atoms in total. The molecule has 0 radical (unpaired) electrons. The van der Waals surface area contributed by atoms with Gasteiger partial charge in [-0.1, -0.05) is 12.1 Å². The van der Waals surface area contributed by atoms with Gasteiger partial charge in [-0.3, -0.25) is 10.1 Å². The monoisotopic (exact) mass is 506 g/mol. The molecular formula is C21H26F4N4O4S. The number of halogens is 4. The number of rotatable bonds is 10. The summed E-state index contributed by atoms with van der Waals surface area (Å²) in [4.78, 5) is 12.9. The molecule has 1 aliphatic heterocycles. The maximum absolute atomic E-state index is 13.9. The van der Waals surface area contributed by atoms with E-state index in [2.05, 4.69) is 10.6 Å². The number of methoxy groups -OCH3 is 1. The van der Waals surface area contributed by atoms with Gasteiger partial charge < -0.3 is 10.1 Å². The first-order chi connectivity index (χ1) is 15.9. The number of sulfonamides is 1. The molecule has 0 bridgehead atoms. The Hall–Kier alpha value is -2.27. The van der Waals surface area contributed by atoms with Crippen molar-refractivity contribution in [3.8, 4) is 6.07 Å². The number of carbonyl (C=O) groups is 1. The molecule has 13 heteroatoms. The first-order valence-electron chi connectivity index (χ1n) is 10.7. The van der Waals surface area contributed by atoms with Crippen LogP contribution in [0.2, 0.25) is 0 Å². The molecule has 1 aliphatic carbocycles. The molecule has 1 heterocycles. The van der Waals surface area contributed by atoms with Crippen LogP contribution in [0.15, 0.2) is 24.3 Å². The Morgan fingerprint density at radius 1 is 1.32 bits per heavy atom. The minimum Gasteiger partial charge on any atom is -0.383 e. The third-order valence-corrected chi connectivity index (χ3v) is 7.91. The van der Waals surface area contributed by atoms with Gasteiger partial charge >= 0.3 is 6.18 Å². The summed E-state index contributed by atoms with van der Waals surface area (Å²) in [5.41, 5.74) is -1.60. The maximum atomic E-state index is 13.9. The normalized spacial score (nSPS) is 22.1. The fourth-order valence-corrected chi connectivity index (χ4v) is 5.88. The highest BCUT2D eigenvalue weighted by atomic mass is 32.2. The zero-order chi connectivity index (χ0) is 25.1. The first kappa shape index (κ1) is 26.3. The van der Waals surface area contributed by atoms with Crippen molar-refractivity contribution in [2.24, 2.45) is 0 Å². The summed E-state index contributed by atoms with van der Waals surface area (Å²) in [6.45, 7) is 0.273. The Kier molecular flexibility index (Phi) is 7.86. The van der Waals surface area contributed by atoms with Gasteiger partial charge in [0.05, 0.1) is 18.4 Å². The quantitative estimate of drug-likeness (QED) is 0.470. The minimum atomic E-state index is -4.92. The second-order valence-corrected chi connectivity index (χ2v) is 10.5. The minimum absolute atomic E-state index is 0.113. The maximum Gasteiger partial charge on any atom is 0.407 e. The smallest absolute Gasteiger partial charge is 0.383 e. The van der Waals surface area contributed by atoms with Crippen LogP contribution < -0.4 is 10.6 Å². The van der Waals surface area contributed by atoms with Crippen molar-refractivity contribution in [1.29, 1.82) is 5.26 Å². The first-order valence-corrected chi connectivity index (χ1v) is 12.3. The van der Waals surface area contributed by atoms with Gasteiger partial charge in [-0.25, -0.2) is 12.8 Å². The van der Waals surface area contributed by atoms with Crippen molar-refractivity contribution in [1.82, 2.24) is 14.9 Å². The predicted molar refractivity (Wildman–Crippen MR) is 113 cm³/mol. The van der Waals surface area contributed by atoms with Crippen molar-refractivity contribution in [2.45, 2.75) is 55.5 Å². The number of ether oxygens (including phenoxy) is 1. The largest absolute Gasteiger partial charge is 0.407 e. The van der Waals surface area contributed by atoms with Gasteiger partial charge in [0.25, 0.3) is 0 Å². The molecule has 34 heavy (non-hydrogen) atoms. The van der Waals surface area contributed by atoms with Gasteiger partial charge in [-0.2, -0.15) is 22.7 Å². The van der Waals surface area contributed by atoms with E-state index < -0.39 is 57.3 Å². The van der Waals surface area contributed by atoms with E-state index in [1.807, 2.05) is 6.07 Å². The highest BCUT2D eigenvalue weighted by molar-refractivity contribution is 7.89. The van der Waals surface area contributed by atoms with E-state index in [1.54, 1.807) is 0 Å². The highest BCUT2D eigenvalue weighted by Crippen LogP contribution is 2.36. The van der Waals surface area contributed by atoms with E-state index >= 15 is 0 Å². The molecule has 0 unspecified atom stereocenters. The lowest BCUT2D eigenvalue weighted by atomic mass is 10.0. The SMILES string of the molecule is COC[C@@H]1CCCN1S(=O)(=O)C[C@H](N[C@@H](c1ccc(F)cc1)C(F)(F)F)C(=O)NC1(C#N)CC1. The van der Waals surface area contributed by atoms with E-state index in [4.69, 9.17) is 4.74 Å². The number of nitrogens with one attached hydrogen (secondary N) is 2. The van der Waals surface area contributed by atoms with Crippen LogP contribution in [0, 0.1) is 17.1 Å². The molecule has 2 fully saturated rings. The summed E-state index contributed by atoms with van der Waals surface area (Å²) in [6, 6.07) is 0.668. The third-order valence-electron chi connectivity index (χ3n) is 5.96. The highest BCUT2D eigenvalue weighted by Gasteiger charge is 2.49. The van der Waals surface area contributed by atoms with Gasteiger partial charge in [0.2, 0.25) is 15.9 Å². The number of nitriles is 1. The summed E-state index contributed by atoms with van der Waals surface area (Å²) in [5, 5.41) is 13.8. The number of amides is 1. The van der Waals surface area contributed by atoms with Crippen LogP contribution in [-0.4, -0.2) is 68.4 Å². The average Bonchev–Trinajstić information content (AvgIpc) is 3.36. The number of benzene rings is 1. The van der Waals surface area contributed by atoms with Crippen LogP contribution >= 0.6 is 0 Å². The summed E-state index contributed by atoms with van der Waals surface area (Å²) in [7, 11) is -2.77. The van der Waals surface area contributed by atoms with Crippen LogP contribution in [0.5, 0.6) is 0 Å². The Balaban J connectivity index is 1.90. The molecule has 0 aromatic heterocycles. The molecule has 3 atom stereocenters. The molecule has 1 amide bonds. The standard InChI is InChI=1S/C21H26F4N4O4S/c1-33-11-16-3-2-10-29(16)34(31,32)12-17(19(30)28-20(13-26)8-9-20)27-18(21(23,24)25)14-4-6-15(22)7-5-14/h4-7,16-18,27H,2-3,8-12H2,1H3,(H,28,30)/t16-,17-,18-/m0/s1. The Bertz CT molecular complexity index is 1020. The van der Waals surface area contributed by atoms with Crippen molar-refractivity contribution in [2.75, 3.05) is 26.0 Å². The number of carbonyl (C=O) groups excluding carboxylic acids is 1. The zero-order valence-corrected chi connectivity index (χ0v) is 19.3. The molecule has 2 aliphatic rings. The van der Waals surface area contributed by atoms with E-state index in [0.717, 1.165) is 28.6 Å². The molecule has 0 spiro atoms. The summed E-state index contributed by atoms with van der Waals surface area (Å²) >= 11 is 0. The lowest BCUT2D eigenvalue weighted by Crippen LogP contribution is -2.56. The van der Waals surface area contributed by atoms with E-state index in [0.29, 0.717) is 25.7 Å². The summed E-state index contributed by atoms with van der Waals surface area (Å²) < 4.78 is 87.6. The van der Waals surface area contributed by atoms with Crippen LogP contribution in [0.25, 0.3) is 0 Å². The third kappa shape index (κ3) is 6.24. The second-order valence-electron chi connectivity index (χ2n) is 8.57. The van der Waals surface area contributed by atoms with Gasteiger partial charge in [0, 0.05) is 19.7 Å². The van der Waals surface area contributed by atoms with Gasteiger partial charge in [-0.05, 0) is 43.4 Å². The van der Waals surface area contributed by atoms with Crippen LogP contribution in [0.4, 0.5) is 17.6 Å². The Labute approximate surface area is 195 Å². The summed E-state index contributed by atoms with van der Waals surface area (Å²) in [6.07, 6.45) is -3.21. The molecule has 1 aromatic rings. The molecule has 188 valence electrons. The van der Waals surface area contributed by atoms with Crippen molar-refractivity contribution in [3.05, 3.63) is 35.6 Å². The van der Waals surface area contributed by atoms with Gasteiger partial charge in [0.1, 0.15) is 23.4 Å². The van der Waals surface area contributed by atoms with Crippen LogP contribution in [-0.2, 0) is 19.6 Å². The molecule has 1 saturated carbocycles. The van der Waals surface area contributed by atoms with Crippen molar-refractivity contribution in [3.63, 3.8) is 0 Å². The molecule has 2 N–H and O–H groups in total. The summed E-state index contributed by atoms with van der Waals surface area (Å²) in [5.74, 6) is -2.72. The van der Waals surface area contributed by atoms with E-state index in [-0.39, 0.29) is 18.7 Å². The molecular weight excluding hydrogens is 480 g/mol. The van der Waals surface area contributed by atoms with Crippen LogP contribution in [0.3, 0.4) is 0 Å². The zero-order valence-electron chi connectivity index (χ0n) is 18.4. The number of nitrogens with zero attached hydrogens (tertiary/aromatic N) is 2. The average molecular weight is 507 g/mol. The number of hydrogen-bond donors (Lipinski definition) is 2. The fourth-order valence-electron chi connectivity index (χ4n) is 3.99. The van der Waals surface area contributed by atoms with Crippen molar-refractivity contribution < 1.29 is 35.5 Å². The van der Waals surface area contributed by atoms with Crippen LogP contribution in [0.1, 0.15) is 37.3 Å². The van der Waals surface area contributed by atoms with E-state index in [9.17, 15) is 36.0 Å². The Morgan fingerprint density at radius 3 is 2.50 bits per heavy atom. The molecule has 1 aromatic carbocycles. The second kappa shape index (κ2) is 10.2. The lowest BCUT2D eigenvalue weighted by Gasteiger charge is -2.30. The fraction of sp³-hybridized carbons (Fsp3) is 0.619. The number of hydrogen-bond acceptors (Lipinski definition) is 6. The Morgan fingerprint density at radius 2 is 1.97 bits per heavy atom. The van der Waals surface area contributed by atoms with E-state index in [1.165, 1.54) is 7.11 Å². The molecule has 3 rings (SSSR count). The predicted octanol–water partition coefficient (Wildman–Crippen LogP) is 2.00. The van der Waals surface area contributed by atoms with Gasteiger partial charge in [0.15, 0.2) is 0 Å². The van der Waals surface area contributed by atoms with Crippen molar-refractivity contribution >= 4 is 15.9 Å². The van der Waals surface area contributed by atoms with Gasteiger partial charge in [-0.15, -0.1) is 0 Å². The topological polar surface area (TPSA) is 112 Å². The molecule has 1 saturated heterocycles.